The van der Waals surface area contributed by atoms with Crippen LogP contribution in [0.1, 0.15) is 21.1 Å². The highest BCUT2D eigenvalue weighted by molar-refractivity contribution is 14.1. The quantitative estimate of drug-likeness (QED) is 0.407. The Morgan fingerprint density at radius 1 is 1.33 bits per heavy atom. The van der Waals surface area contributed by atoms with Crippen molar-refractivity contribution in [2.45, 2.75) is 26.3 Å². The second kappa shape index (κ2) is 5.85. The van der Waals surface area contributed by atoms with Crippen molar-refractivity contribution in [3.05, 3.63) is 48.7 Å². The Balaban J connectivity index is 2.13. The third-order valence-electron chi connectivity index (χ3n) is 3.52. The average Bonchev–Trinajstić information content (AvgIpc) is 2.92. The minimum atomic E-state index is -0.219. The minimum absolute atomic E-state index is 0.219. The van der Waals surface area contributed by atoms with Gasteiger partial charge in [-0.15, -0.1) is 22.9 Å². The van der Waals surface area contributed by atoms with Crippen molar-refractivity contribution in [1.82, 2.24) is 9.55 Å². The molecule has 3 aromatic rings. The second-order valence-electron chi connectivity index (χ2n) is 4.95. The number of aryl methyl sites for hydroxylation is 2. The fourth-order valence-electron chi connectivity index (χ4n) is 2.33. The standard InChI is InChI=1S/C15H13ClFIN2S/c1-8-3-10(21-9(8)2)7-20-14-4-11(17)12(18)5-13(14)19-15(20)6-16/h3-5H,6-7H2,1-2H3. The van der Waals surface area contributed by atoms with E-state index < -0.39 is 0 Å². The molecular formula is C15H13ClFIN2S. The van der Waals surface area contributed by atoms with Gasteiger partial charge in [0.05, 0.1) is 27.0 Å². The number of fused-ring (bicyclic) bond motifs is 1. The first-order chi connectivity index (χ1) is 9.99. The summed E-state index contributed by atoms with van der Waals surface area (Å²) in [5.41, 5.74) is 2.88. The molecule has 2 aromatic heterocycles. The van der Waals surface area contributed by atoms with Gasteiger partial charge in [-0.05, 0) is 54.1 Å². The Morgan fingerprint density at radius 3 is 2.71 bits per heavy atom. The van der Waals surface area contributed by atoms with E-state index in [1.807, 2.05) is 27.2 Å². The topological polar surface area (TPSA) is 17.8 Å². The van der Waals surface area contributed by atoms with Gasteiger partial charge >= 0.3 is 0 Å². The molecule has 0 N–H and O–H groups in total. The molecule has 6 heteroatoms. The molecule has 0 saturated carbocycles. The molecule has 0 saturated heterocycles. The molecule has 0 radical (unpaired) electrons. The third-order valence-corrected chi connectivity index (χ3v) is 5.72. The fraction of sp³-hybridized carbons (Fsp3) is 0.267. The number of hydrogen-bond donors (Lipinski definition) is 0. The third kappa shape index (κ3) is 2.83. The van der Waals surface area contributed by atoms with E-state index in [0.717, 1.165) is 16.9 Å². The van der Waals surface area contributed by atoms with E-state index in [9.17, 15) is 4.39 Å². The Morgan fingerprint density at radius 2 is 2.10 bits per heavy atom. The van der Waals surface area contributed by atoms with Gasteiger partial charge in [-0.25, -0.2) is 9.37 Å². The van der Waals surface area contributed by atoms with Crippen LogP contribution in [0.25, 0.3) is 11.0 Å². The Labute approximate surface area is 145 Å². The number of rotatable bonds is 3. The lowest BCUT2D eigenvalue weighted by molar-refractivity contribution is 0.621. The first-order valence-corrected chi connectivity index (χ1v) is 8.88. The molecule has 1 aromatic carbocycles. The van der Waals surface area contributed by atoms with Gasteiger partial charge in [-0.1, -0.05) is 0 Å². The molecule has 21 heavy (non-hydrogen) atoms. The lowest BCUT2D eigenvalue weighted by Gasteiger charge is -2.06. The fourth-order valence-corrected chi connectivity index (χ4v) is 4.03. The zero-order valence-corrected chi connectivity index (χ0v) is 15.3. The van der Waals surface area contributed by atoms with Gasteiger partial charge in [0.2, 0.25) is 0 Å². The van der Waals surface area contributed by atoms with Crippen LogP contribution in [0.15, 0.2) is 18.2 Å². The van der Waals surface area contributed by atoms with Crippen molar-refractivity contribution < 1.29 is 4.39 Å². The van der Waals surface area contributed by atoms with E-state index >= 15 is 0 Å². The summed E-state index contributed by atoms with van der Waals surface area (Å²) < 4.78 is 16.5. The predicted molar refractivity (Wildman–Crippen MR) is 94.9 cm³/mol. The summed E-state index contributed by atoms with van der Waals surface area (Å²) in [6.07, 6.45) is 0. The smallest absolute Gasteiger partial charge is 0.138 e. The monoisotopic (exact) mass is 434 g/mol. The van der Waals surface area contributed by atoms with Gasteiger partial charge in [-0.2, -0.15) is 0 Å². The van der Waals surface area contributed by atoms with Gasteiger partial charge in [0, 0.05) is 15.8 Å². The number of halogens is 3. The van der Waals surface area contributed by atoms with Crippen molar-refractivity contribution in [3.8, 4) is 0 Å². The highest BCUT2D eigenvalue weighted by atomic mass is 127. The molecular weight excluding hydrogens is 422 g/mol. The first kappa shape index (κ1) is 15.2. The molecule has 2 nitrogen and oxygen atoms in total. The summed E-state index contributed by atoms with van der Waals surface area (Å²) >= 11 is 9.75. The van der Waals surface area contributed by atoms with Crippen molar-refractivity contribution >= 4 is 56.6 Å². The molecule has 0 aliphatic carbocycles. The van der Waals surface area contributed by atoms with E-state index in [1.165, 1.54) is 15.3 Å². The van der Waals surface area contributed by atoms with Gasteiger partial charge in [0.15, 0.2) is 0 Å². The van der Waals surface area contributed by atoms with Gasteiger partial charge in [0.25, 0.3) is 0 Å². The van der Waals surface area contributed by atoms with E-state index in [-0.39, 0.29) is 5.82 Å². The van der Waals surface area contributed by atoms with Crippen LogP contribution in [-0.2, 0) is 12.4 Å². The minimum Gasteiger partial charge on any atom is -0.322 e. The maximum Gasteiger partial charge on any atom is 0.138 e. The number of benzene rings is 1. The maximum absolute atomic E-state index is 13.9. The second-order valence-corrected chi connectivity index (χ2v) is 7.73. The van der Waals surface area contributed by atoms with Crippen LogP contribution in [0, 0.1) is 23.2 Å². The Hall–Kier alpha value is -0.660. The van der Waals surface area contributed by atoms with Crippen LogP contribution in [-0.4, -0.2) is 9.55 Å². The lowest BCUT2D eigenvalue weighted by Crippen LogP contribution is -2.02. The molecule has 0 unspecified atom stereocenters. The molecule has 110 valence electrons. The van der Waals surface area contributed by atoms with Crippen molar-refractivity contribution in [2.75, 3.05) is 0 Å². The molecule has 0 bridgehead atoms. The van der Waals surface area contributed by atoms with Crippen LogP contribution in [0.5, 0.6) is 0 Å². The van der Waals surface area contributed by atoms with Crippen LogP contribution >= 0.6 is 45.5 Å². The molecule has 3 rings (SSSR count). The summed E-state index contributed by atoms with van der Waals surface area (Å²) in [5.74, 6) is 0.872. The SMILES string of the molecule is Cc1cc(Cn2c(CCl)nc3cc(I)c(F)cc32)sc1C. The Kier molecular flexibility index (Phi) is 4.25. The number of hydrogen-bond acceptors (Lipinski definition) is 2. The van der Waals surface area contributed by atoms with Crippen molar-refractivity contribution in [2.24, 2.45) is 0 Å². The van der Waals surface area contributed by atoms with Gasteiger partial charge in [0.1, 0.15) is 11.6 Å². The summed E-state index contributed by atoms with van der Waals surface area (Å²) in [4.78, 5) is 7.06. The van der Waals surface area contributed by atoms with Crippen LogP contribution in [0.2, 0.25) is 0 Å². The first-order valence-electron chi connectivity index (χ1n) is 6.45. The van der Waals surface area contributed by atoms with E-state index in [4.69, 9.17) is 11.6 Å². The van der Waals surface area contributed by atoms with Crippen LogP contribution < -0.4 is 0 Å². The lowest BCUT2D eigenvalue weighted by atomic mass is 10.2. The zero-order valence-electron chi connectivity index (χ0n) is 11.6. The van der Waals surface area contributed by atoms with E-state index in [0.29, 0.717) is 16.0 Å². The average molecular weight is 435 g/mol. The van der Waals surface area contributed by atoms with Gasteiger partial charge < -0.3 is 4.57 Å². The highest BCUT2D eigenvalue weighted by Gasteiger charge is 2.14. The zero-order chi connectivity index (χ0) is 15.1. The molecule has 0 aliphatic heterocycles. The number of alkyl halides is 1. The van der Waals surface area contributed by atoms with Crippen LogP contribution in [0.3, 0.4) is 0 Å². The number of thiophene rings is 1. The number of imidazole rings is 1. The molecule has 0 atom stereocenters. The van der Waals surface area contributed by atoms with Gasteiger partial charge in [-0.3, -0.25) is 0 Å². The summed E-state index contributed by atoms with van der Waals surface area (Å²) in [5, 5.41) is 0. The molecule has 0 fully saturated rings. The molecule has 0 amide bonds. The van der Waals surface area contributed by atoms with Crippen LogP contribution in [0.4, 0.5) is 4.39 Å². The highest BCUT2D eigenvalue weighted by Crippen LogP contribution is 2.26. The number of nitrogens with zero attached hydrogens (tertiary/aromatic N) is 2. The molecule has 0 aliphatic rings. The van der Waals surface area contributed by atoms with E-state index in [2.05, 4.69) is 24.9 Å². The Bertz CT molecular complexity index is 805. The molecule has 0 spiro atoms. The predicted octanol–water partition coefficient (Wildman–Crippen LogP) is 5.25. The number of aromatic nitrogens is 2. The van der Waals surface area contributed by atoms with Crippen molar-refractivity contribution in [3.63, 3.8) is 0 Å². The largest absolute Gasteiger partial charge is 0.322 e. The van der Waals surface area contributed by atoms with E-state index in [1.54, 1.807) is 23.5 Å². The summed E-state index contributed by atoms with van der Waals surface area (Å²) in [6, 6.07) is 5.49. The van der Waals surface area contributed by atoms with Crippen molar-refractivity contribution in [1.29, 1.82) is 0 Å². The molecule has 2 heterocycles. The maximum atomic E-state index is 13.9. The summed E-state index contributed by atoms with van der Waals surface area (Å²) in [6.45, 7) is 4.89. The summed E-state index contributed by atoms with van der Waals surface area (Å²) in [7, 11) is 0. The normalized spacial score (nSPS) is 11.5.